The van der Waals surface area contributed by atoms with Gasteiger partial charge in [0.1, 0.15) is 5.82 Å². The number of likely N-dealkylation sites (tertiary alicyclic amines) is 1. The fourth-order valence-corrected chi connectivity index (χ4v) is 5.04. The molecule has 2 aromatic carbocycles. The Morgan fingerprint density at radius 1 is 1.15 bits per heavy atom. The largest absolute Gasteiger partial charge is 0.446 e. The number of alkyl halides is 3. The number of hydrogen-bond acceptors (Lipinski definition) is 5. The number of amides is 1. The maximum absolute atomic E-state index is 13.8. The summed E-state index contributed by atoms with van der Waals surface area (Å²) in [6, 6.07) is 9.94. The Labute approximate surface area is 197 Å². The molecule has 7 nitrogen and oxygen atoms in total. The first-order valence-corrected chi connectivity index (χ1v) is 11.5. The monoisotopic (exact) mass is 486 g/mol. The molecule has 0 spiro atoms. The van der Waals surface area contributed by atoms with Crippen LogP contribution in [0.1, 0.15) is 41.5 Å². The zero-order valence-electron chi connectivity index (χ0n) is 18.4. The average molecular weight is 487 g/mol. The molecule has 1 N–H and O–H groups in total. The molecule has 1 aliphatic heterocycles. The molecule has 1 fully saturated rings. The summed E-state index contributed by atoms with van der Waals surface area (Å²) in [4.78, 5) is 24.9. The standard InChI is InChI=1S/C23H21F3N6OS/c1-14-4-7-19(32-27-9-10-28-32)16(12-14)20(33)31-11-3-8-22(31,2)21-29-17-6-5-15(13-18(17)30-21)34-23(24,25)26/h4-7,9-10,12-13H,3,8,11H2,1-2H3,(H,29,30)/t22-/m0/s1. The summed E-state index contributed by atoms with van der Waals surface area (Å²) < 4.78 is 38.4. The van der Waals surface area contributed by atoms with Crippen LogP contribution in [0, 0.1) is 6.92 Å². The van der Waals surface area contributed by atoms with E-state index in [0.29, 0.717) is 41.1 Å². The van der Waals surface area contributed by atoms with Crippen molar-refractivity contribution in [3.8, 4) is 5.69 Å². The number of H-pyrrole nitrogens is 1. The van der Waals surface area contributed by atoms with Gasteiger partial charge in [-0.3, -0.25) is 4.79 Å². The summed E-state index contributed by atoms with van der Waals surface area (Å²) >= 11 is -0.166. The SMILES string of the molecule is Cc1ccc(-n2nccn2)c(C(=O)N2CCC[C@@]2(C)c2nc3ccc(SC(F)(F)F)cc3[nH]2)c1. The second-order valence-corrected chi connectivity index (χ2v) is 9.62. The van der Waals surface area contributed by atoms with Crippen molar-refractivity contribution in [2.24, 2.45) is 0 Å². The quantitative estimate of drug-likeness (QED) is 0.401. The Bertz CT molecular complexity index is 1370. The van der Waals surface area contributed by atoms with E-state index in [4.69, 9.17) is 0 Å². The van der Waals surface area contributed by atoms with Gasteiger partial charge < -0.3 is 9.88 Å². The third-order valence-corrected chi connectivity index (χ3v) is 6.82. The van der Waals surface area contributed by atoms with Gasteiger partial charge in [0.05, 0.1) is 40.2 Å². The van der Waals surface area contributed by atoms with Gasteiger partial charge in [0.25, 0.3) is 5.91 Å². The van der Waals surface area contributed by atoms with E-state index in [-0.39, 0.29) is 22.6 Å². The lowest BCUT2D eigenvalue weighted by atomic mass is 9.96. The van der Waals surface area contributed by atoms with Crippen molar-refractivity contribution in [2.45, 2.75) is 42.6 Å². The van der Waals surface area contributed by atoms with Gasteiger partial charge in [-0.05, 0) is 68.8 Å². The lowest BCUT2D eigenvalue weighted by Gasteiger charge is -2.34. The molecule has 1 amide bonds. The lowest BCUT2D eigenvalue weighted by Crippen LogP contribution is -2.44. The van der Waals surface area contributed by atoms with Gasteiger partial charge in [0.2, 0.25) is 0 Å². The molecule has 4 aromatic rings. The zero-order valence-corrected chi connectivity index (χ0v) is 19.2. The van der Waals surface area contributed by atoms with Gasteiger partial charge in [0, 0.05) is 11.4 Å². The fourth-order valence-electron chi connectivity index (χ4n) is 4.46. The molecule has 1 aliphatic rings. The number of thioether (sulfide) groups is 1. The Morgan fingerprint density at radius 3 is 2.65 bits per heavy atom. The van der Waals surface area contributed by atoms with Crippen LogP contribution in [0.5, 0.6) is 0 Å². The van der Waals surface area contributed by atoms with Gasteiger partial charge in [0.15, 0.2) is 0 Å². The van der Waals surface area contributed by atoms with Crippen molar-refractivity contribution in [1.29, 1.82) is 0 Å². The number of hydrogen-bond donors (Lipinski definition) is 1. The number of carbonyl (C=O) groups is 1. The van der Waals surface area contributed by atoms with Crippen LogP contribution in [0.2, 0.25) is 0 Å². The molecule has 1 saturated heterocycles. The van der Waals surface area contributed by atoms with Gasteiger partial charge in [-0.1, -0.05) is 11.6 Å². The predicted octanol–water partition coefficient (Wildman–Crippen LogP) is 5.22. The summed E-state index contributed by atoms with van der Waals surface area (Å²) in [7, 11) is 0. The molecule has 0 radical (unpaired) electrons. The minimum atomic E-state index is -4.37. The van der Waals surface area contributed by atoms with E-state index in [1.807, 2.05) is 32.0 Å². The molecule has 34 heavy (non-hydrogen) atoms. The second-order valence-electron chi connectivity index (χ2n) is 8.49. The number of aromatic amines is 1. The van der Waals surface area contributed by atoms with E-state index in [9.17, 15) is 18.0 Å². The lowest BCUT2D eigenvalue weighted by molar-refractivity contribution is -0.0328. The normalized spacial score (nSPS) is 18.7. The van der Waals surface area contributed by atoms with Gasteiger partial charge in [-0.2, -0.15) is 28.2 Å². The number of benzene rings is 2. The Kier molecular flexibility index (Phi) is 5.38. The highest BCUT2D eigenvalue weighted by molar-refractivity contribution is 8.00. The molecule has 1 atom stereocenters. The number of halogens is 3. The molecule has 5 rings (SSSR count). The third-order valence-electron chi connectivity index (χ3n) is 6.10. The summed E-state index contributed by atoms with van der Waals surface area (Å²) in [5.74, 6) is 0.374. The third kappa shape index (κ3) is 4.04. The number of aryl methyl sites for hydroxylation is 1. The van der Waals surface area contributed by atoms with Gasteiger partial charge in [-0.15, -0.1) is 0 Å². The van der Waals surface area contributed by atoms with E-state index < -0.39 is 11.0 Å². The minimum absolute atomic E-state index is 0.0795. The summed E-state index contributed by atoms with van der Waals surface area (Å²) in [5.41, 5.74) is -2.07. The van der Waals surface area contributed by atoms with Crippen molar-refractivity contribution in [1.82, 2.24) is 29.9 Å². The minimum Gasteiger partial charge on any atom is -0.340 e. The summed E-state index contributed by atoms with van der Waals surface area (Å²) in [6.45, 7) is 4.38. The number of nitrogens with zero attached hydrogens (tertiary/aromatic N) is 5. The van der Waals surface area contributed by atoms with Crippen LogP contribution in [0.3, 0.4) is 0 Å². The van der Waals surface area contributed by atoms with Crippen molar-refractivity contribution in [3.05, 3.63) is 65.7 Å². The Balaban J connectivity index is 1.52. The first-order chi connectivity index (χ1) is 16.1. The van der Waals surface area contributed by atoms with Crippen LogP contribution in [-0.4, -0.2) is 47.8 Å². The summed E-state index contributed by atoms with van der Waals surface area (Å²) in [5, 5.41) is 8.35. The number of fused-ring (bicyclic) bond motifs is 1. The molecule has 176 valence electrons. The van der Waals surface area contributed by atoms with Crippen molar-refractivity contribution < 1.29 is 18.0 Å². The highest BCUT2D eigenvalue weighted by Gasteiger charge is 2.44. The second kappa shape index (κ2) is 8.15. The maximum atomic E-state index is 13.8. The number of nitrogens with one attached hydrogen (secondary N) is 1. The molecular formula is C23H21F3N6OS. The molecular weight excluding hydrogens is 465 g/mol. The molecule has 0 saturated carbocycles. The van der Waals surface area contributed by atoms with E-state index in [1.165, 1.54) is 16.9 Å². The van der Waals surface area contributed by atoms with E-state index >= 15 is 0 Å². The molecule has 0 bridgehead atoms. The van der Waals surface area contributed by atoms with Crippen molar-refractivity contribution in [2.75, 3.05) is 6.54 Å². The molecule has 0 aliphatic carbocycles. The van der Waals surface area contributed by atoms with Crippen LogP contribution < -0.4 is 0 Å². The van der Waals surface area contributed by atoms with E-state index in [1.54, 1.807) is 23.4 Å². The number of carbonyl (C=O) groups excluding carboxylic acids is 1. The number of aromatic nitrogens is 5. The topological polar surface area (TPSA) is 79.7 Å². The molecule has 2 aromatic heterocycles. The van der Waals surface area contributed by atoms with Crippen LogP contribution in [-0.2, 0) is 5.54 Å². The van der Waals surface area contributed by atoms with E-state index in [0.717, 1.165) is 12.0 Å². The van der Waals surface area contributed by atoms with Crippen LogP contribution >= 0.6 is 11.8 Å². The van der Waals surface area contributed by atoms with Crippen molar-refractivity contribution >= 4 is 28.7 Å². The number of rotatable bonds is 4. The Morgan fingerprint density at radius 2 is 1.91 bits per heavy atom. The zero-order chi connectivity index (χ0) is 24.1. The molecule has 0 unspecified atom stereocenters. The smallest absolute Gasteiger partial charge is 0.340 e. The van der Waals surface area contributed by atoms with Gasteiger partial charge >= 0.3 is 5.51 Å². The summed E-state index contributed by atoms with van der Waals surface area (Å²) in [6.07, 6.45) is 4.54. The maximum Gasteiger partial charge on any atom is 0.446 e. The van der Waals surface area contributed by atoms with E-state index in [2.05, 4.69) is 20.2 Å². The fraction of sp³-hybridized carbons (Fsp3) is 0.304. The highest BCUT2D eigenvalue weighted by atomic mass is 32.2. The Hall–Kier alpha value is -3.34. The van der Waals surface area contributed by atoms with Crippen LogP contribution in [0.4, 0.5) is 13.2 Å². The predicted molar refractivity (Wildman–Crippen MR) is 122 cm³/mol. The number of imidazole rings is 1. The molecule has 11 heteroatoms. The van der Waals surface area contributed by atoms with Crippen LogP contribution in [0.15, 0.2) is 53.7 Å². The van der Waals surface area contributed by atoms with Gasteiger partial charge in [-0.25, -0.2) is 4.98 Å². The molecule has 3 heterocycles. The average Bonchev–Trinajstić information content (AvgIpc) is 3.52. The first-order valence-electron chi connectivity index (χ1n) is 10.7. The first kappa shape index (κ1) is 22.5. The van der Waals surface area contributed by atoms with Crippen LogP contribution in [0.25, 0.3) is 16.7 Å². The highest BCUT2D eigenvalue weighted by Crippen LogP contribution is 2.41. The van der Waals surface area contributed by atoms with Crippen molar-refractivity contribution in [3.63, 3.8) is 0 Å².